The van der Waals surface area contributed by atoms with Crippen LogP contribution in [-0.2, 0) is 0 Å². The van der Waals surface area contributed by atoms with Crippen molar-refractivity contribution in [1.82, 2.24) is 4.90 Å². The van der Waals surface area contributed by atoms with Gasteiger partial charge in [0.05, 0.1) is 10.7 Å². The second-order valence-corrected chi connectivity index (χ2v) is 6.89. The van der Waals surface area contributed by atoms with Gasteiger partial charge in [-0.05, 0) is 57.0 Å². The van der Waals surface area contributed by atoms with E-state index in [9.17, 15) is 0 Å². The topological polar surface area (TPSA) is 32.5 Å². The number of piperidine rings is 1. The molecule has 0 aromatic heterocycles. The number of nitrogens with zero attached hydrogens (tertiary/aromatic N) is 2. The second-order valence-electron chi connectivity index (χ2n) is 6.48. The minimum Gasteiger partial charge on any atom is -0.369 e. The Hall–Kier alpha value is -0.770. The Balaban J connectivity index is 1.68. The summed E-state index contributed by atoms with van der Waals surface area (Å²) in [6.45, 7) is 6.76. The lowest BCUT2D eigenvalue weighted by molar-refractivity contribution is 0.175. The van der Waals surface area contributed by atoms with Crippen LogP contribution in [0.4, 0.5) is 5.69 Å². The van der Waals surface area contributed by atoms with Gasteiger partial charge in [-0.2, -0.15) is 0 Å². The van der Waals surface area contributed by atoms with Crippen LogP contribution < -0.4 is 10.6 Å². The van der Waals surface area contributed by atoms with E-state index in [4.69, 9.17) is 17.3 Å². The van der Waals surface area contributed by atoms with Gasteiger partial charge in [-0.25, -0.2) is 0 Å². The van der Waals surface area contributed by atoms with Crippen molar-refractivity contribution in [2.75, 3.05) is 31.1 Å². The van der Waals surface area contributed by atoms with Gasteiger partial charge in [0.2, 0.25) is 0 Å². The van der Waals surface area contributed by atoms with Crippen molar-refractivity contribution in [2.24, 2.45) is 5.73 Å². The molecule has 2 aliphatic heterocycles. The molecule has 2 saturated heterocycles. The molecule has 3 rings (SSSR count). The maximum atomic E-state index is 6.48. The predicted molar refractivity (Wildman–Crippen MR) is 90.1 cm³/mol. The summed E-state index contributed by atoms with van der Waals surface area (Å²) in [5, 5.41) is 0.837. The fourth-order valence-corrected chi connectivity index (χ4v) is 3.91. The zero-order valence-corrected chi connectivity index (χ0v) is 13.6. The van der Waals surface area contributed by atoms with E-state index in [0.29, 0.717) is 6.04 Å². The minimum absolute atomic E-state index is 0.0382. The minimum atomic E-state index is 0.0382. The van der Waals surface area contributed by atoms with Gasteiger partial charge in [0.25, 0.3) is 0 Å². The van der Waals surface area contributed by atoms with Gasteiger partial charge in [0.1, 0.15) is 0 Å². The van der Waals surface area contributed by atoms with E-state index < -0.39 is 0 Å². The molecule has 0 radical (unpaired) electrons. The zero-order chi connectivity index (χ0) is 14.8. The molecule has 21 heavy (non-hydrogen) atoms. The third-order valence-electron chi connectivity index (χ3n) is 4.91. The Labute approximate surface area is 133 Å². The Morgan fingerprint density at radius 1 is 1.19 bits per heavy atom. The SMILES string of the molecule is C[C@H](N)c1ccc(N2CCC(N3CCCCC3)C2)c(Cl)c1. The molecule has 1 unspecified atom stereocenters. The number of halogens is 1. The van der Waals surface area contributed by atoms with Gasteiger partial charge in [0.15, 0.2) is 0 Å². The van der Waals surface area contributed by atoms with Crippen LogP contribution in [0.2, 0.25) is 5.02 Å². The molecule has 3 nitrogen and oxygen atoms in total. The van der Waals surface area contributed by atoms with E-state index in [-0.39, 0.29) is 6.04 Å². The molecule has 2 N–H and O–H groups in total. The maximum absolute atomic E-state index is 6.48. The average Bonchev–Trinajstić information content (AvgIpc) is 2.97. The lowest BCUT2D eigenvalue weighted by Gasteiger charge is -2.32. The van der Waals surface area contributed by atoms with E-state index in [2.05, 4.69) is 21.9 Å². The van der Waals surface area contributed by atoms with Gasteiger partial charge in [-0.1, -0.05) is 24.1 Å². The molecule has 2 fully saturated rings. The summed E-state index contributed by atoms with van der Waals surface area (Å²) in [4.78, 5) is 5.11. The van der Waals surface area contributed by atoms with Crippen molar-refractivity contribution < 1.29 is 0 Å². The third kappa shape index (κ3) is 3.36. The monoisotopic (exact) mass is 307 g/mol. The molecule has 4 heteroatoms. The van der Waals surface area contributed by atoms with Crippen molar-refractivity contribution in [3.63, 3.8) is 0 Å². The fourth-order valence-electron chi connectivity index (χ4n) is 3.61. The zero-order valence-electron chi connectivity index (χ0n) is 12.9. The molecule has 1 aromatic rings. The summed E-state index contributed by atoms with van der Waals surface area (Å²) in [5.74, 6) is 0. The van der Waals surface area contributed by atoms with Crippen molar-refractivity contribution >= 4 is 17.3 Å². The Morgan fingerprint density at radius 3 is 2.62 bits per heavy atom. The van der Waals surface area contributed by atoms with Crippen molar-refractivity contribution in [3.8, 4) is 0 Å². The number of rotatable bonds is 3. The molecule has 0 aliphatic carbocycles. The third-order valence-corrected chi connectivity index (χ3v) is 5.21. The fraction of sp³-hybridized carbons (Fsp3) is 0.647. The summed E-state index contributed by atoms with van der Waals surface area (Å²) in [6.07, 6.45) is 5.38. The van der Waals surface area contributed by atoms with E-state index in [1.165, 1.54) is 44.5 Å². The molecule has 0 saturated carbocycles. The largest absolute Gasteiger partial charge is 0.369 e. The number of hydrogen-bond acceptors (Lipinski definition) is 3. The number of anilines is 1. The Bertz CT molecular complexity index is 483. The molecule has 0 spiro atoms. The summed E-state index contributed by atoms with van der Waals surface area (Å²) in [5.41, 5.74) is 8.20. The molecule has 2 atom stereocenters. The summed E-state index contributed by atoms with van der Waals surface area (Å²) >= 11 is 6.48. The van der Waals surface area contributed by atoms with Crippen LogP contribution in [0, 0.1) is 0 Å². The lowest BCUT2D eigenvalue weighted by Crippen LogP contribution is -2.40. The number of hydrogen-bond donors (Lipinski definition) is 1. The van der Waals surface area contributed by atoms with Crippen molar-refractivity contribution in [1.29, 1.82) is 0 Å². The molecule has 116 valence electrons. The summed E-state index contributed by atoms with van der Waals surface area (Å²) in [7, 11) is 0. The molecule has 0 bridgehead atoms. The molecular weight excluding hydrogens is 282 g/mol. The average molecular weight is 308 g/mol. The van der Waals surface area contributed by atoms with Crippen molar-refractivity contribution in [2.45, 2.75) is 44.7 Å². The van der Waals surface area contributed by atoms with E-state index >= 15 is 0 Å². The van der Waals surface area contributed by atoms with Crippen LogP contribution in [0.15, 0.2) is 18.2 Å². The van der Waals surface area contributed by atoms with Crippen molar-refractivity contribution in [3.05, 3.63) is 28.8 Å². The highest BCUT2D eigenvalue weighted by atomic mass is 35.5. The number of nitrogens with two attached hydrogens (primary N) is 1. The Kier molecular flexibility index (Phi) is 4.72. The molecule has 2 aliphatic rings. The number of benzene rings is 1. The van der Waals surface area contributed by atoms with Crippen LogP contribution in [-0.4, -0.2) is 37.1 Å². The smallest absolute Gasteiger partial charge is 0.0642 e. The highest BCUT2D eigenvalue weighted by Crippen LogP contribution is 2.32. The van der Waals surface area contributed by atoms with Crippen LogP contribution in [0.5, 0.6) is 0 Å². The molecule has 1 aromatic carbocycles. The first-order chi connectivity index (χ1) is 10.1. The molecule has 0 amide bonds. The standard InChI is InChI=1S/C17H26ClN3/c1-13(19)14-5-6-17(16(18)11-14)21-10-7-15(12-21)20-8-3-2-4-9-20/h5-6,11,13,15H,2-4,7-10,12,19H2,1H3/t13-,15?/m0/s1. The van der Waals surface area contributed by atoms with Gasteiger partial charge in [0, 0.05) is 25.2 Å². The summed E-state index contributed by atoms with van der Waals surface area (Å²) < 4.78 is 0. The highest BCUT2D eigenvalue weighted by molar-refractivity contribution is 6.33. The summed E-state index contributed by atoms with van der Waals surface area (Å²) in [6, 6.07) is 7.01. The predicted octanol–water partition coefficient (Wildman–Crippen LogP) is 3.42. The van der Waals surface area contributed by atoms with Crippen LogP contribution >= 0.6 is 11.6 Å². The first-order valence-corrected chi connectivity index (χ1v) is 8.57. The molecule has 2 heterocycles. The van der Waals surface area contributed by atoms with Gasteiger partial charge >= 0.3 is 0 Å². The highest BCUT2D eigenvalue weighted by Gasteiger charge is 2.29. The Morgan fingerprint density at radius 2 is 1.95 bits per heavy atom. The van der Waals surface area contributed by atoms with E-state index in [1.807, 2.05) is 13.0 Å². The first kappa shape index (κ1) is 15.1. The maximum Gasteiger partial charge on any atom is 0.0642 e. The van der Waals surface area contributed by atoms with Crippen LogP contribution in [0.25, 0.3) is 0 Å². The van der Waals surface area contributed by atoms with Gasteiger partial charge in [-0.15, -0.1) is 0 Å². The van der Waals surface area contributed by atoms with Gasteiger partial charge in [-0.3, -0.25) is 4.90 Å². The quantitative estimate of drug-likeness (QED) is 0.928. The normalized spacial score (nSPS) is 25.3. The second kappa shape index (κ2) is 6.55. The number of likely N-dealkylation sites (tertiary alicyclic amines) is 1. The van der Waals surface area contributed by atoms with E-state index in [0.717, 1.165) is 23.7 Å². The first-order valence-electron chi connectivity index (χ1n) is 8.19. The van der Waals surface area contributed by atoms with E-state index in [1.54, 1.807) is 0 Å². The van der Waals surface area contributed by atoms with Crippen LogP contribution in [0.3, 0.4) is 0 Å². The molecular formula is C17H26ClN3. The van der Waals surface area contributed by atoms with Gasteiger partial charge < -0.3 is 10.6 Å². The lowest BCUT2D eigenvalue weighted by atomic mass is 10.1. The van der Waals surface area contributed by atoms with Crippen LogP contribution in [0.1, 0.15) is 44.2 Å².